The quantitative estimate of drug-likeness (QED) is 0.460. The second kappa shape index (κ2) is 9.32. The van der Waals surface area contributed by atoms with Gasteiger partial charge in [-0.15, -0.1) is 0 Å². The van der Waals surface area contributed by atoms with E-state index in [0.717, 1.165) is 48.2 Å². The zero-order valence-corrected chi connectivity index (χ0v) is 17.5. The van der Waals surface area contributed by atoms with Crippen molar-refractivity contribution in [3.8, 4) is 0 Å². The summed E-state index contributed by atoms with van der Waals surface area (Å²) < 4.78 is 5.51. The maximum absolute atomic E-state index is 11.6. The number of hydrogen-bond acceptors (Lipinski definition) is 7. The van der Waals surface area contributed by atoms with Gasteiger partial charge in [0.25, 0.3) is 11.4 Å². The predicted octanol–water partition coefficient (Wildman–Crippen LogP) is 5.02. The molecule has 1 aliphatic heterocycles. The lowest BCUT2D eigenvalue weighted by Crippen LogP contribution is -2.35. The molecular formula is C22H21N3O5S. The smallest absolute Gasteiger partial charge is 0.290 e. The molecule has 1 saturated heterocycles. The number of benzene rings is 2. The van der Waals surface area contributed by atoms with Gasteiger partial charge in [-0.3, -0.25) is 20.2 Å². The molecular weight excluding hydrogens is 418 g/mol. The van der Waals surface area contributed by atoms with Gasteiger partial charge in [-0.1, -0.05) is 42.1 Å². The molecule has 0 unspecified atom stereocenters. The molecule has 8 nitrogen and oxygen atoms in total. The van der Waals surface area contributed by atoms with Crippen LogP contribution >= 0.6 is 11.8 Å². The third-order valence-corrected chi connectivity index (χ3v) is 6.45. The average Bonchev–Trinajstić information content (AvgIpc) is 3.17. The summed E-state index contributed by atoms with van der Waals surface area (Å²) in [7, 11) is 0. The summed E-state index contributed by atoms with van der Waals surface area (Å²) in [5.41, 5.74) is 2.88. The Morgan fingerprint density at radius 1 is 0.968 bits per heavy atom. The van der Waals surface area contributed by atoms with Gasteiger partial charge in [-0.25, -0.2) is 0 Å². The SMILES string of the molecule is O=[N+]([O-])c1ccc(SC2=C(N3CCOCC3)C(=Cc3ccccc3)CC2)c([N+](=O)[O-])c1. The second-order valence-corrected chi connectivity index (χ2v) is 8.36. The highest BCUT2D eigenvalue weighted by atomic mass is 32.2. The van der Waals surface area contributed by atoms with E-state index < -0.39 is 9.85 Å². The molecule has 0 N–H and O–H groups in total. The molecule has 0 atom stereocenters. The van der Waals surface area contributed by atoms with Crippen LogP contribution in [-0.2, 0) is 4.74 Å². The van der Waals surface area contributed by atoms with E-state index in [9.17, 15) is 20.2 Å². The largest absolute Gasteiger partial charge is 0.378 e. The zero-order chi connectivity index (χ0) is 21.8. The van der Waals surface area contributed by atoms with E-state index in [4.69, 9.17) is 4.74 Å². The number of hydrogen-bond donors (Lipinski definition) is 0. The van der Waals surface area contributed by atoms with Crippen molar-refractivity contribution in [3.05, 3.63) is 90.5 Å². The third-order valence-electron chi connectivity index (χ3n) is 5.24. The van der Waals surface area contributed by atoms with Gasteiger partial charge in [0.15, 0.2) is 0 Å². The van der Waals surface area contributed by atoms with Crippen LogP contribution in [0.3, 0.4) is 0 Å². The molecule has 2 aromatic carbocycles. The van der Waals surface area contributed by atoms with Gasteiger partial charge in [0.05, 0.1) is 39.7 Å². The Kier molecular flexibility index (Phi) is 6.34. The van der Waals surface area contributed by atoms with Crippen LogP contribution in [0.25, 0.3) is 6.08 Å². The maximum Gasteiger partial charge on any atom is 0.290 e. The van der Waals surface area contributed by atoms with Crippen LogP contribution in [-0.4, -0.2) is 41.0 Å². The number of thioether (sulfide) groups is 1. The van der Waals surface area contributed by atoms with E-state index in [1.807, 2.05) is 18.2 Å². The fourth-order valence-corrected chi connectivity index (χ4v) is 5.00. The lowest BCUT2D eigenvalue weighted by atomic mass is 10.1. The first-order valence-electron chi connectivity index (χ1n) is 9.95. The lowest BCUT2D eigenvalue weighted by molar-refractivity contribution is -0.396. The standard InChI is InChI=1S/C22H21N3O5S/c26-24(27)18-7-9-20(19(15-18)25(28)29)31-21-8-6-17(14-16-4-2-1-3-5-16)22(21)23-10-12-30-13-11-23/h1-5,7,9,14-15H,6,8,10-13H2. The van der Waals surface area contributed by atoms with E-state index in [0.29, 0.717) is 18.1 Å². The molecule has 0 radical (unpaired) electrons. The van der Waals surface area contributed by atoms with E-state index in [1.54, 1.807) is 0 Å². The Morgan fingerprint density at radius 3 is 2.39 bits per heavy atom. The molecule has 1 heterocycles. The molecule has 1 aliphatic carbocycles. The molecule has 1 fully saturated rings. The summed E-state index contributed by atoms with van der Waals surface area (Å²) in [6, 6.07) is 13.9. The molecule has 160 valence electrons. The summed E-state index contributed by atoms with van der Waals surface area (Å²) in [6.07, 6.45) is 3.78. The third kappa shape index (κ3) is 4.78. The summed E-state index contributed by atoms with van der Waals surface area (Å²) >= 11 is 1.33. The van der Waals surface area contributed by atoms with Gasteiger partial charge < -0.3 is 9.64 Å². The molecule has 0 spiro atoms. The normalized spacial score (nSPS) is 17.9. The van der Waals surface area contributed by atoms with Gasteiger partial charge in [0.2, 0.25) is 0 Å². The predicted molar refractivity (Wildman–Crippen MR) is 119 cm³/mol. The van der Waals surface area contributed by atoms with Gasteiger partial charge >= 0.3 is 0 Å². The maximum atomic E-state index is 11.6. The fourth-order valence-electron chi connectivity index (χ4n) is 3.80. The van der Waals surface area contributed by atoms with Crippen molar-refractivity contribution < 1.29 is 14.6 Å². The number of nitro groups is 2. The first-order valence-corrected chi connectivity index (χ1v) is 10.8. The van der Waals surface area contributed by atoms with Crippen LogP contribution in [0.5, 0.6) is 0 Å². The van der Waals surface area contributed by atoms with Crippen molar-refractivity contribution in [1.82, 2.24) is 4.90 Å². The molecule has 0 saturated carbocycles. The number of morpholine rings is 1. The van der Waals surface area contributed by atoms with Crippen LogP contribution in [0.15, 0.2) is 69.6 Å². The van der Waals surface area contributed by atoms with Crippen molar-refractivity contribution >= 4 is 29.2 Å². The summed E-state index contributed by atoms with van der Waals surface area (Å²) in [5.74, 6) is 0. The Labute approximate surface area is 183 Å². The Hall–Kier alpha value is -3.17. The number of nitrogens with zero attached hydrogens (tertiary/aromatic N) is 3. The Morgan fingerprint density at radius 2 is 1.71 bits per heavy atom. The van der Waals surface area contributed by atoms with Crippen molar-refractivity contribution in [3.63, 3.8) is 0 Å². The molecule has 2 aliphatic rings. The number of rotatable bonds is 6. The van der Waals surface area contributed by atoms with Crippen molar-refractivity contribution in [2.45, 2.75) is 17.7 Å². The first-order chi connectivity index (χ1) is 15.0. The highest BCUT2D eigenvalue weighted by Gasteiger charge is 2.29. The molecule has 0 bridgehead atoms. The minimum atomic E-state index is -0.615. The average molecular weight is 439 g/mol. The molecule has 4 rings (SSSR count). The summed E-state index contributed by atoms with van der Waals surface area (Å²) in [5, 5.41) is 22.6. The van der Waals surface area contributed by atoms with Gasteiger partial charge in [0, 0.05) is 24.1 Å². The number of allylic oxidation sites excluding steroid dienone is 2. The van der Waals surface area contributed by atoms with Crippen LogP contribution in [0, 0.1) is 20.2 Å². The molecule has 0 aromatic heterocycles. The lowest BCUT2D eigenvalue weighted by Gasteiger charge is -2.31. The second-order valence-electron chi connectivity index (χ2n) is 7.22. The number of non-ortho nitro benzene ring substituents is 1. The van der Waals surface area contributed by atoms with E-state index in [1.165, 1.54) is 29.5 Å². The van der Waals surface area contributed by atoms with Crippen molar-refractivity contribution in [2.24, 2.45) is 0 Å². The van der Waals surface area contributed by atoms with E-state index >= 15 is 0 Å². The highest BCUT2D eigenvalue weighted by Crippen LogP contribution is 2.46. The number of ether oxygens (including phenoxy) is 1. The van der Waals surface area contributed by atoms with E-state index in [-0.39, 0.29) is 11.4 Å². The molecule has 9 heteroatoms. The monoisotopic (exact) mass is 439 g/mol. The van der Waals surface area contributed by atoms with Gasteiger partial charge in [-0.2, -0.15) is 0 Å². The van der Waals surface area contributed by atoms with Crippen LogP contribution in [0.2, 0.25) is 0 Å². The van der Waals surface area contributed by atoms with Crippen LogP contribution in [0.4, 0.5) is 11.4 Å². The molecule has 31 heavy (non-hydrogen) atoms. The van der Waals surface area contributed by atoms with E-state index in [2.05, 4.69) is 23.1 Å². The van der Waals surface area contributed by atoms with Gasteiger partial charge in [-0.05, 0) is 36.1 Å². The van der Waals surface area contributed by atoms with Crippen molar-refractivity contribution in [1.29, 1.82) is 0 Å². The first kappa shape index (κ1) is 21.1. The number of nitro benzene ring substituents is 2. The van der Waals surface area contributed by atoms with Crippen LogP contribution in [0.1, 0.15) is 18.4 Å². The molecule has 2 aromatic rings. The fraction of sp³-hybridized carbons (Fsp3) is 0.273. The Bertz CT molecular complexity index is 1060. The minimum absolute atomic E-state index is 0.242. The zero-order valence-electron chi connectivity index (χ0n) is 16.7. The summed E-state index contributed by atoms with van der Waals surface area (Å²) in [6.45, 7) is 2.79. The highest BCUT2D eigenvalue weighted by molar-refractivity contribution is 8.03. The minimum Gasteiger partial charge on any atom is -0.378 e. The molecule has 0 amide bonds. The summed E-state index contributed by atoms with van der Waals surface area (Å²) in [4.78, 5) is 25.2. The van der Waals surface area contributed by atoms with Crippen LogP contribution < -0.4 is 0 Å². The topological polar surface area (TPSA) is 98.8 Å². The van der Waals surface area contributed by atoms with Gasteiger partial charge in [0.1, 0.15) is 0 Å². The Balaban J connectivity index is 1.73. The van der Waals surface area contributed by atoms with Crippen molar-refractivity contribution in [2.75, 3.05) is 26.3 Å².